The van der Waals surface area contributed by atoms with Gasteiger partial charge in [-0.25, -0.2) is 9.79 Å². The second-order valence-electron chi connectivity index (χ2n) is 6.17. The van der Waals surface area contributed by atoms with Gasteiger partial charge in [0.1, 0.15) is 0 Å². The summed E-state index contributed by atoms with van der Waals surface area (Å²) in [6.07, 6.45) is 1.55. The first kappa shape index (κ1) is 21.8. The highest BCUT2D eigenvalue weighted by Crippen LogP contribution is 2.41. The Balaban J connectivity index is 2.06. The van der Waals surface area contributed by atoms with Crippen molar-refractivity contribution in [1.82, 2.24) is 0 Å². The summed E-state index contributed by atoms with van der Waals surface area (Å²) < 4.78 is 37.5. The molecule has 0 unspecified atom stereocenters. The van der Waals surface area contributed by atoms with E-state index < -0.39 is 5.97 Å². The highest BCUT2D eigenvalue weighted by atomic mass is 16.6. The van der Waals surface area contributed by atoms with Crippen molar-refractivity contribution in [3.8, 4) is 34.5 Å². The molecule has 0 atom stereocenters. The summed E-state index contributed by atoms with van der Waals surface area (Å²) in [6.45, 7) is 0. The Hall–Kier alpha value is -3.88. The van der Waals surface area contributed by atoms with E-state index in [1.807, 2.05) is 0 Å². The number of ether oxygens (including phenoxy) is 7. The van der Waals surface area contributed by atoms with E-state index in [0.717, 1.165) is 0 Å². The Morgan fingerprint density at radius 3 is 1.84 bits per heavy atom. The summed E-state index contributed by atoms with van der Waals surface area (Å²) >= 11 is 0. The van der Waals surface area contributed by atoms with Gasteiger partial charge in [-0.1, -0.05) is 0 Å². The monoisotopic (exact) mass is 429 g/mol. The summed E-state index contributed by atoms with van der Waals surface area (Å²) in [4.78, 5) is 16.8. The fraction of sp³-hybridized carbons (Fsp3) is 0.273. The van der Waals surface area contributed by atoms with Crippen LogP contribution in [0.5, 0.6) is 34.5 Å². The third kappa shape index (κ3) is 4.07. The van der Waals surface area contributed by atoms with Crippen LogP contribution in [0, 0.1) is 0 Å². The van der Waals surface area contributed by atoms with Gasteiger partial charge in [0.15, 0.2) is 28.7 Å². The molecule has 0 amide bonds. The molecule has 9 heteroatoms. The van der Waals surface area contributed by atoms with Crippen LogP contribution in [-0.4, -0.2) is 54.5 Å². The first-order chi connectivity index (χ1) is 15.0. The number of carbonyl (C=O) groups excluding carboxylic acids is 1. The first-order valence-electron chi connectivity index (χ1n) is 9.13. The van der Waals surface area contributed by atoms with Crippen LogP contribution in [0.3, 0.4) is 0 Å². The molecule has 2 aromatic rings. The zero-order valence-electron chi connectivity index (χ0n) is 18.1. The zero-order chi connectivity index (χ0) is 22.5. The van der Waals surface area contributed by atoms with E-state index in [2.05, 4.69) is 4.99 Å². The van der Waals surface area contributed by atoms with E-state index in [4.69, 9.17) is 33.2 Å². The molecule has 0 saturated carbocycles. The van der Waals surface area contributed by atoms with E-state index in [1.54, 1.807) is 30.3 Å². The van der Waals surface area contributed by atoms with Gasteiger partial charge >= 0.3 is 5.97 Å². The molecule has 3 rings (SSSR count). The quantitative estimate of drug-likeness (QED) is 0.467. The maximum Gasteiger partial charge on any atom is 0.363 e. The first-order valence-corrected chi connectivity index (χ1v) is 9.13. The molecule has 0 spiro atoms. The lowest BCUT2D eigenvalue weighted by Gasteiger charge is -2.14. The molecule has 1 aliphatic heterocycles. The van der Waals surface area contributed by atoms with Gasteiger partial charge in [-0.3, -0.25) is 0 Å². The average molecular weight is 429 g/mol. The molecular weight excluding hydrogens is 406 g/mol. The van der Waals surface area contributed by atoms with E-state index >= 15 is 0 Å². The Morgan fingerprint density at radius 1 is 0.742 bits per heavy atom. The predicted molar refractivity (Wildman–Crippen MR) is 113 cm³/mol. The summed E-state index contributed by atoms with van der Waals surface area (Å²) in [5, 5.41) is 0. The van der Waals surface area contributed by atoms with Gasteiger partial charge in [0.25, 0.3) is 0 Å². The molecule has 0 bridgehead atoms. The van der Waals surface area contributed by atoms with Crippen LogP contribution < -0.4 is 28.4 Å². The molecule has 0 radical (unpaired) electrons. The Bertz CT molecular complexity index is 1030. The van der Waals surface area contributed by atoms with Crippen LogP contribution in [0.25, 0.3) is 6.08 Å². The van der Waals surface area contributed by atoms with Crippen LogP contribution >= 0.6 is 0 Å². The number of cyclic esters (lactones) is 1. The van der Waals surface area contributed by atoms with Crippen molar-refractivity contribution in [3.63, 3.8) is 0 Å². The molecule has 1 heterocycles. The lowest BCUT2D eigenvalue weighted by molar-refractivity contribution is -0.129. The standard InChI is InChI=1S/C22H23NO8/c1-25-15-8-7-12(18(28-4)20(15)30-6)9-14-22(24)31-21(23-14)13-10-16(26-2)19(29-5)17(11-13)27-3/h7-11H,1-6H3/b14-9-. The fourth-order valence-corrected chi connectivity index (χ4v) is 3.12. The van der Waals surface area contributed by atoms with Gasteiger partial charge < -0.3 is 33.2 Å². The Kier molecular flexibility index (Phi) is 6.54. The number of benzene rings is 2. The summed E-state index contributed by atoms with van der Waals surface area (Å²) in [6, 6.07) is 6.73. The number of rotatable bonds is 8. The molecule has 0 N–H and O–H groups in total. The second kappa shape index (κ2) is 9.29. The molecule has 1 aliphatic rings. The number of methoxy groups -OCH3 is 6. The van der Waals surface area contributed by atoms with Gasteiger partial charge in [0, 0.05) is 11.1 Å². The van der Waals surface area contributed by atoms with E-state index in [0.29, 0.717) is 45.6 Å². The minimum Gasteiger partial charge on any atom is -0.493 e. The molecule has 31 heavy (non-hydrogen) atoms. The summed E-state index contributed by atoms with van der Waals surface area (Å²) in [7, 11) is 9.03. The van der Waals surface area contributed by atoms with Gasteiger partial charge in [-0.05, 0) is 30.3 Å². The van der Waals surface area contributed by atoms with Gasteiger partial charge in [0.05, 0.1) is 42.7 Å². The van der Waals surface area contributed by atoms with Crippen molar-refractivity contribution in [2.24, 2.45) is 4.99 Å². The van der Waals surface area contributed by atoms with Crippen molar-refractivity contribution < 1.29 is 38.0 Å². The van der Waals surface area contributed by atoms with E-state index in [9.17, 15) is 4.79 Å². The van der Waals surface area contributed by atoms with Gasteiger partial charge in [-0.15, -0.1) is 0 Å². The highest BCUT2D eigenvalue weighted by molar-refractivity contribution is 6.13. The van der Waals surface area contributed by atoms with Crippen LogP contribution in [0.1, 0.15) is 11.1 Å². The van der Waals surface area contributed by atoms with Gasteiger partial charge in [0.2, 0.25) is 17.4 Å². The molecule has 0 aromatic heterocycles. The molecular formula is C22H23NO8. The molecule has 0 aliphatic carbocycles. The summed E-state index contributed by atoms with van der Waals surface area (Å²) in [5.74, 6) is 2.04. The molecule has 0 fully saturated rings. The average Bonchev–Trinajstić information content (AvgIpc) is 3.17. The largest absolute Gasteiger partial charge is 0.493 e. The van der Waals surface area contributed by atoms with Crippen LogP contribution in [0.15, 0.2) is 35.0 Å². The normalized spacial score (nSPS) is 14.1. The van der Waals surface area contributed by atoms with Crippen LogP contribution in [0.2, 0.25) is 0 Å². The van der Waals surface area contributed by atoms with E-state index in [1.165, 1.54) is 42.7 Å². The lowest BCUT2D eigenvalue weighted by atomic mass is 10.1. The Labute approximate surface area is 179 Å². The van der Waals surface area contributed by atoms with Crippen LogP contribution in [-0.2, 0) is 9.53 Å². The van der Waals surface area contributed by atoms with Crippen molar-refractivity contribution >= 4 is 17.9 Å². The SMILES string of the molecule is COc1cc(C2=N/C(=C\c3ccc(OC)c(OC)c3OC)C(=O)O2)cc(OC)c1OC. The molecule has 0 saturated heterocycles. The number of carbonyl (C=O) groups is 1. The highest BCUT2D eigenvalue weighted by Gasteiger charge is 2.27. The number of hydrogen-bond acceptors (Lipinski definition) is 9. The third-order valence-electron chi connectivity index (χ3n) is 4.56. The summed E-state index contributed by atoms with van der Waals surface area (Å²) in [5.41, 5.74) is 1.15. The van der Waals surface area contributed by atoms with Crippen molar-refractivity contribution in [3.05, 3.63) is 41.1 Å². The molecule has 9 nitrogen and oxygen atoms in total. The topological polar surface area (TPSA) is 94.0 Å². The smallest absolute Gasteiger partial charge is 0.363 e. The second-order valence-corrected chi connectivity index (χ2v) is 6.17. The number of hydrogen-bond donors (Lipinski definition) is 0. The zero-order valence-corrected chi connectivity index (χ0v) is 18.1. The van der Waals surface area contributed by atoms with Crippen molar-refractivity contribution in [2.75, 3.05) is 42.7 Å². The molecule has 2 aromatic carbocycles. The number of esters is 1. The maximum atomic E-state index is 12.5. The number of nitrogens with zero attached hydrogens (tertiary/aromatic N) is 1. The fourth-order valence-electron chi connectivity index (χ4n) is 3.12. The van der Waals surface area contributed by atoms with Gasteiger partial charge in [-0.2, -0.15) is 0 Å². The van der Waals surface area contributed by atoms with Crippen LogP contribution in [0.4, 0.5) is 0 Å². The van der Waals surface area contributed by atoms with Crippen molar-refractivity contribution in [1.29, 1.82) is 0 Å². The maximum absolute atomic E-state index is 12.5. The minimum atomic E-state index is -0.611. The number of aliphatic imine (C=N–C) groups is 1. The van der Waals surface area contributed by atoms with E-state index in [-0.39, 0.29) is 11.6 Å². The molecule has 164 valence electrons. The minimum absolute atomic E-state index is 0.0919. The third-order valence-corrected chi connectivity index (χ3v) is 4.56. The lowest BCUT2D eigenvalue weighted by Crippen LogP contribution is -2.07. The van der Waals surface area contributed by atoms with Crippen molar-refractivity contribution in [2.45, 2.75) is 0 Å². The predicted octanol–water partition coefficient (Wildman–Crippen LogP) is 3.08. The Morgan fingerprint density at radius 2 is 1.32 bits per heavy atom.